The molecule has 4 aliphatic rings. The van der Waals surface area contributed by atoms with Crippen LogP contribution in [0.1, 0.15) is 94.8 Å². The number of ether oxygens (including phenoxy) is 1. The molecular weight excluding hydrogens is 468 g/mol. The summed E-state index contributed by atoms with van der Waals surface area (Å²) in [5.74, 6) is 1.21. The van der Waals surface area contributed by atoms with E-state index in [1.807, 2.05) is 12.3 Å². The average Bonchev–Trinajstić information content (AvgIpc) is 3.27. The lowest BCUT2D eigenvalue weighted by Crippen LogP contribution is -2.59. The van der Waals surface area contributed by atoms with Gasteiger partial charge in [0.05, 0.1) is 16.9 Å². The molecule has 1 amide bonds. The van der Waals surface area contributed by atoms with Crippen LogP contribution in [0.15, 0.2) is 18.5 Å². The van der Waals surface area contributed by atoms with Crippen LogP contribution in [0.25, 0.3) is 11.0 Å². The standard InChI is InChI=1S/C29H42N4O4/c1-3-5-6-18(4-2)7-8-24(34)37-17-33-10-9-22-26(23(27(30)35)16-31-28(22)33)32-25-20-11-19-12-21(25)15-29(36,13-19)14-20/h9-10,16,18-21,25,36H,3-8,11-15,17H2,1-2H3,(H2,30,35)(H,31,32)/t18-,19?,20?,21?,25?,29?/m0/s1. The Kier molecular flexibility index (Phi) is 7.48. The second-order valence-electron chi connectivity index (χ2n) is 11.9. The lowest BCUT2D eigenvalue weighted by atomic mass is 9.52. The third kappa shape index (κ3) is 5.35. The third-order valence-electron chi connectivity index (χ3n) is 9.27. The largest absolute Gasteiger partial charge is 0.444 e. The van der Waals surface area contributed by atoms with E-state index in [2.05, 4.69) is 24.1 Å². The van der Waals surface area contributed by atoms with Crippen LogP contribution < -0.4 is 11.1 Å². The SMILES string of the molecule is CCCC[C@H](CC)CCC(=O)OCn1ccc2c(NC3C4CC5CC3CC(O)(C5)C4)c(C(N)=O)cnc21. The maximum absolute atomic E-state index is 12.5. The van der Waals surface area contributed by atoms with Crippen LogP contribution in [-0.4, -0.2) is 38.2 Å². The number of primary amides is 1. The van der Waals surface area contributed by atoms with Gasteiger partial charge in [0.2, 0.25) is 0 Å². The molecule has 4 saturated carbocycles. The number of aromatic nitrogens is 2. The van der Waals surface area contributed by atoms with Crippen molar-refractivity contribution < 1.29 is 19.4 Å². The molecule has 4 N–H and O–H groups in total. The zero-order valence-corrected chi connectivity index (χ0v) is 22.2. The first-order chi connectivity index (χ1) is 17.8. The first-order valence-corrected chi connectivity index (χ1v) is 14.2. The van der Waals surface area contributed by atoms with Gasteiger partial charge in [-0.2, -0.15) is 0 Å². The number of carbonyl (C=O) groups is 2. The molecule has 2 aromatic heterocycles. The zero-order chi connectivity index (χ0) is 26.2. The normalized spacial score (nSPS) is 28.9. The number of hydrogen-bond acceptors (Lipinski definition) is 6. The van der Waals surface area contributed by atoms with Crippen molar-refractivity contribution in [3.05, 3.63) is 24.0 Å². The van der Waals surface area contributed by atoms with Crippen LogP contribution >= 0.6 is 0 Å². The third-order valence-corrected chi connectivity index (χ3v) is 9.27. The summed E-state index contributed by atoms with van der Waals surface area (Å²) in [5, 5.41) is 15.5. The quantitative estimate of drug-likeness (QED) is 0.346. The molecule has 0 aromatic carbocycles. The number of carbonyl (C=O) groups excluding carboxylic acids is 2. The summed E-state index contributed by atoms with van der Waals surface area (Å²) >= 11 is 0. The minimum absolute atomic E-state index is 0.0832. The summed E-state index contributed by atoms with van der Waals surface area (Å²) in [6.45, 7) is 4.46. The second kappa shape index (κ2) is 10.6. The topological polar surface area (TPSA) is 119 Å². The van der Waals surface area contributed by atoms with Gasteiger partial charge >= 0.3 is 5.97 Å². The van der Waals surface area contributed by atoms with Gasteiger partial charge in [-0.3, -0.25) is 14.2 Å². The Balaban J connectivity index is 1.29. The molecule has 4 fully saturated rings. The van der Waals surface area contributed by atoms with E-state index in [0.29, 0.717) is 47.0 Å². The van der Waals surface area contributed by atoms with Gasteiger partial charge in [-0.25, -0.2) is 4.98 Å². The smallest absolute Gasteiger partial charge is 0.307 e. The van der Waals surface area contributed by atoms with Crippen molar-refractivity contribution in [3.63, 3.8) is 0 Å². The lowest BCUT2D eigenvalue weighted by Gasteiger charge is -2.58. The Morgan fingerprint density at radius 3 is 2.65 bits per heavy atom. The van der Waals surface area contributed by atoms with Crippen LogP contribution in [0, 0.1) is 23.7 Å². The Morgan fingerprint density at radius 1 is 1.24 bits per heavy atom. The van der Waals surface area contributed by atoms with E-state index in [1.54, 1.807) is 4.57 Å². The average molecular weight is 511 g/mol. The fourth-order valence-corrected chi connectivity index (χ4v) is 7.55. The van der Waals surface area contributed by atoms with Gasteiger partial charge in [-0.1, -0.05) is 39.5 Å². The molecule has 37 heavy (non-hydrogen) atoms. The highest BCUT2D eigenvalue weighted by atomic mass is 16.5. The number of hydrogen-bond donors (Lipinski definition) is 3. The number of aliphatic hydroxyl groups is 1. The molecule has 2 unspecified atom stereocenters. The van der Waals surface area contributed by atoms with Crippen molar-refractivity contribution in [2.24, 2.45) is 29.4 Å². The van der Waals surface area contributed by atoms with Crippen molar-refractivity contribution in [1.82, 2.24) is 9.55 Å². The monoisotopic (exact) mass is 510 g/mol. The van der Waals surface area contributed by atoms with Gasteiger partial charge in [0, 0.05) is 30.2 Å². The number of nitrogens with two attached hydrogens (primary N) is 1. The van der Waals surface area contributed by atoms with Crippen LogP contribution in [0.3, 0.4) is 0 Å². The van der Waals surface area contributed by atoms with E-state index in [-0.39, 0.29) is 18.7 Å². The van der Waals surface area contributed by atoms with Crippen LogP contribution in [0.5, 0.6) is 0 Å². The number of nitrogens with one attached hydrogen (secondary N) is 1. The Morgan fingerprint density at radius 2 is 2.00 bits per heavy atom. The summed E-state index contributed by atoms with van der Waals surface area (Å²) in [6.07, 6.45) is 14.0. The van der Waals surface area contributed by atoms with E-state index in [4.69, 9.17) is 10.5 Å². The molecule has 2 heterocycles. The zero-order valence-electron chi connectivity index (χ0n) is 22.2. The fourth-order valence-electron chi connectivity index (χ4n) is 7.55. The second-order valence-corrected chi connectivity index (χ2v) is 11.9. The first kappa shape index (κ1) is 26.0. The molecule has 8 heteroatoms. The van der Waals surface area contributed by atoms with Crippen molar-refractivity contribution in [2.45, 2.75) is 103 Å². The van der Waals surface area contributed by atoms with Crippen LogP contribution in [0.4, 0.5) is 5.69 Å². The summed E-state index contributed by atoms with van der Waals surface area (Å²) in [7, 11) is 0. The highest BCUT2D eigenvalue weighted by Gasteiger charge is 2.54. The number of pyridine rings is 1. The van der Waals surface area contributed by atoms with Gasteiger partial charge in [0.25, 0.3) is 5.91 Å². The van der Waals surface area contributed by atoms with E-state index >= 15 is 0 Å². The molecule has 6 rings (SSSR count). The Hall–Kier alpha value is -2.61. The molecular formula is C29H42N4O4. The predicted octanol–water partition coefficient (Wildman–Crippen LogP) is 4.98. The predicted molar refractivity (Wildman–Crippen MR) is 143 cm³/mol. The van der Waals surface area contributed by atoms with E-state index in [0.717, 1.165) is 56.8 Å². The van der Waals surface area contributed by atoms with Crippen LogP contribution in [0.2, 0.25) is 0 Å². The lowest BCUT2D eigenvalue weighted by molar-refractivity contribution is -0.147. The minimum Gasteiger partial charge on any atom is -0.444 e. The van der Waals surface area contributed by atoms with Gasteiger partial charge in [-0.05, 0) is 68.3 Å². The summed E-state index contributed by atoms with van der Waals surface area (Å²) in [6, 6.07) is 2.10. The van der Waals surface area contributed by atoms with Crippen molar-refractivity contribution in [3.8, 4) is 0 Å². The summed E-state index contributed by atoms with van der Waals surface area (Å²) < 4.78 is 7.40. The molecule has 3 atom stereocenters. The molecule has 2 aromatic rings. The molecule has 0 spiro atoms. The molecule has 4 bridgehead atoms. The van der Waals surface area contributed by atoms with Crippen molar-refractivity contribution in [2.75, 3.05) is 5.32 Å². The number of rotatable bonds is 12. The van der Waals surface area contributed by atoms with Gasteiger partial charge in [-0.15, -0.1) is 0 Å². The number of fused-ring (bicyclic) bond motifs is 1. The van der Waals surface area contributed by atoms with E-state index < -0.39 is 11.5 Å². The number of anilines is 1. The molecule has 0 aliphatic heterocycles. The van der Waals surface area contributed by atoms with E-state index in [1.165, 1.54) is 19.0 Å². The summed E-state index contributed by atoms with van der Waals surface area (Å²) in [5.41, 5.74) is 6.95. The van der Waals surface area contributed by atoms with Crippen molar-refractivity contribution >= 4 is 28.6 Å². The molecule has 8 nitrogen and oxygen atoms in total. The first-order valence-electron chi connectivity index (χ1n) is 14.2. The van der Waals surface area contributed by atoms with E-state index in [9.17, 15) is 14.7 Å². The maximum Gasteiger partial charge on any atom is 0.307 e. The minimum atomic E-state index is -0.521. The van der Waals surface area contributed by atoms with Gasteiger partial charge < -0.3 is 20.9 Å². The summed E-state index contributed by atoms with van der Waals surface area (Å²) in [4.78, 5) is 29.3. The highest BCUT2D eigenvalue weighted by molar-refractivity contribution is 6.06. The van der Waals surface area contributed by atoms with Gasteiger partial charge in [0.15, 0.2) is 6.73 Å². The van der Waals surface area contributed by atoms with Gasteiger partial charge in [0.1, 0.15) is 5.65 Å². The van der Waals surface area contributed by atoms with Crippen molar-refractivity contribution in [1.29, 1.82) is 0 Å². The number of esters is 1. The molecule has 0 saturated heterocycles. The number of unbranched alkanes of at least 4 members (excludes halogenated alkanes) is 1. The Bertz CT molecular complexity index is 1130. The number of amides is 1. The molecule has 4 aliphatic carbocycles. The molecule has 202 valence electrons. The fraction of sp³-hybridized carbons (Fsp3) is 0.690. The highest BCUT2D eigenvalue weighted by Crippen LogP contribution is 2.56. The Labute approximate surface area is 219 Å². The maximum atomic E-state index is 12.5. The molecule has 0 radical (unpaired) electrons. The number of nitrogens with zero attached hydrogens (tertiary/aromatic N) is 2. The van der Waals surface area contributed by atoms with Crippen LogP contribution in [-0.2, 0) is 16.3 Å².